The Morgan fingerprint density at radius 3 is 1.40 bits per heavy atom. The molecule has 0 spiro atoms. The minimum Gasteiger partial charge on any atom is -0.507 e. The van der Waals surface area contributed by atoms with Crippen LogP contribution in [0.3, 0.4) is 0 Å². The first-order chi connectivity index (χ1) is 14.5. The van der Waals surface area contributed by atoms with Crippen LogP contribution in [0.25, 0.3) is 0 Å². The Morgan fingerprint density at radius 2 is 1.03 bits per heavy atom. The molecule has 0 heterocycles. The molecule has 0 atom stereocenters. The summed E-state index contributed by atoms with van der Waals surface area (Å²) in [4.78, 5) is 26.7. The van der Waals surface area contributed by atoms with Crippen LogP contribution in [0.15, 0.2) is 24.3 Å². The SMILES string of the molecule is NCCCCNc1ccc(NCCCCN)c2c1C(=O)c1c(O)ccc(O)c1C2=O. The number of phenolic OH excluding ortho intramolecular Hbond substituents is 2. The van der Waals surface area contributed by atoms with Crippen LogP contribution in [0.1, 0.15) is 57.5 Å². The van der Waals surface area contributed by atoms with E-state index in [4.69, 9.17) is 11.5 Å². The Kier molecular flexibility index (Phi) is 6.91. The normalized spacial score (nSPS) is 12.5. The molecule has 0 radical (unpaired) electrons. The minimum atomic E-state index is -0.500. The molecule has 0 aliphatic heterocycles. The molecule has 1 aliphatic carbocycles. The summed E-state index contributed by atoms with van der Waals surface area (Å²) in [5.41, 5.74) is 12.2. The third kappa shape index (κ3) is 4.10. The second-order valence-electron chi connectivity index (χ2n) is 7.27. The number of anilines is 2. The van der Waals surface area contributed by atoms with Crippen molar-refractivity contribution in [1.29, 1.82) is 0 Å². The van der Waals surface area contributed by atoms with Gasteiger partial charge in [0.25, 0.3) is 0 Å². The van der Waals surface area contributed by atoms with Gasteiger partial charge in [-0.1, -0.05) is 0 Å². The quantitative estimate of drug-likeness (QED) is 0.219. The molecule has 8 N–H and O–H groups in total. The molecule has 3 rings (SSSR count). The molecule has 8 heteroatoms. The Balaban J connectivity index is 2.06. The van der Waals surface area contributed by atoms with Crippen molar-refractivity contribution in [1.82, 2.24) is 0 Å². The van der Waals surface area contributed by atoms with Crippen LogP contribution in [-0.4, -0.2) is 48.0 Å². The van der Waals surface area contributed by atoms with Crippen molar-refractivity contribution < 1.29 is 19.8 Å². The number of unbranched alkanes of at least 4 members (excludes halogenated alkanes) is 2. The van der Waals surface area contributed by atoms with Crippen molar-refractivity contribution in [3.63, 3.8) is 0 Å². The van der Waals surface area contributed by atoms with Crippen LogP contribution in [0.4, 0.5) is 11.4 Å². The molecule has 30 heavy (non-hydrogen) atoms. The van der Waals surface area contributed by atoms with Crippen LogP contribution < -0.4 is 22.1 Å². The Hall–Kier alpha value is -3.10. The Labute approximate surface area is 175 Å². The fourth-order valence-corrected chi connectivity index (χ4v) is 3.64. The highest BCUT2D eigenvalue weighted by atomic mass is 16.3. The van der Waals surface area contributed by atoms with Gasteiger partial charge >= 0.3 is 0 Å². The number of ketones is 2. The molecule has 0 unspecified atom stereocenters. The molecule has 0 fully saturated rings. The van der Waals surface area contributed by atoms with Crippen molar-refractivity contribution in [3.05, 3.63) is 46.5 Å². The Bertz CT molecular complexity index is 883. The smallest absolute Gasteiger partial charge is 0.200 e. The fourth-order valence-electron chi connectivity index (χ4n) is 3.64. The van der Waals surface area contributed by atoms with Gasteiger partial charge in [0.1, 0.15) is 11.5 Å². The zero-order valence-electron chi connectivity index (χ0n) is 16.8. The number of carbonyl (C=O) groups is 2. The molecule has 2 aromatic carbocycles. The summed E-state index contributed by atoms with van der Waals surface area (Å²) >= 11 is 0. The summed E-state index contributed by atoms with van der Waals surface area (Å²) in [6, 6.07) is 5.94. The molecule has 0 bridgehead atoms. The van der Waals surface area contributed by atoms with Gasteiger partial charge in [-0.25, -0.2) is 0 Å². The summed E-state index contributed by atoms with van der Waals surface area (Å²) in [6.45, 7) is 2.33. The third-order valence-electron chi connectivity index (χ3n) is 5.17. The van der Waals surface area contributed by atoms with Crippen molar-refractivity contribution in [2.75, 3.05) is 36.8 Å². The molecule has 0 aromatic heterocycles. The molecule has 2 aromatic rings. The van der Waals surface area contributed by atoms with Crippen LogP contribution in [-0.2, 0) is 0 Å². The van der Waals surface area contributed by atoms with E-state index in [9.17, 15) is 19.8 Å². The van der Waals surface area contributed by atoms with Gasteiger partial charge in [-0.2, -0.15) is 0 Å². The van der Waals surface area contributed by atoms with Crippen LogP contribution in [0.5, 0.6) is 11.5 Å². The number of aromatic hydroxyl groups is 2. The zero-order valence-corrected chi connectivity index (χ0v) is 16.8. The van der Waals surface area contributed by atoms with Crippen LogP contribution in [0, 0.1) is 0 Å². The number of benzene rings is 2. The first kappa shape index (κ1) is 21.6. The molecule has 1 aliphatic rings. The monoisotopic (exact) mass is 412 g/mol. The van der Waals surface area contributed by atoms with E-state index in [1.165, 1.54) is 12.1 Å². The van der Waals surface area contributed by atoms with Gasteiger partial charge in [0, 0.05) is 24.5 Å². The van der Waals surface area contributed by atoms with Crippen molar-refractivity contribution in [3.8, 4) is 11.5 Å². The average Bonchev–Trinajstić information content (AvgIpc) is 2.74. The summed E-state index contributed by atoms with van der Waals surface area (Å²) in [6.07, 6.45) is 3.30. The maximum absolute atomic E-state index is 13.3. The van der Waals surface area contributed by atoms with Crippen molar-refractivity contribution >= 4 is 22.9 Å². The van der Waals surface area contributed by atoms with E-state index < -0.39 is 11.6 Å². The summed E-state index contributed by atoms with van der Waals surface area (Å²) in [5.74, 6) is -1.66. The van der Waals surface area contributed by atoms with Gasteiger partial charge in [0.05, 0.1) is 22.3 Å². The first-order valence-corrected chi connectivity index (χ1v) is 10.2. The summed E-state index contributed by atoms with van der Waals surface area (Å²) in [7, 11) is 0. The first-order valence-electron chi connectivity index (χ1n) is 10.2. The van der Waals surface area contributed by atoms with E-state index in [2.05, 4.69) is 10.6 Å². The lowest BCUT2D eigenvalue weighted by atomic mass is 9.81. The van der Waals surface area contributed by atoms with Crippen molar-refractivity contribution in [2.24, 2.45) is 11.5 Å². The highest BCUT2D eigenvalue weighted by molar-refractivity contribution is 6.33. The fraction of sp³-hybridized carbons (Fsp3) is 0.364. The van der Waals surface area contributed by atoms with Gasteiger partial charge < -0.3 is 32.3 Å². The average molecular weight is 412 g/mol. The lowest BCUT2D eigenvalue weighted by Crippen LogP contribution is -2.25. The molecular weight excluding hydrogens is 384 g/mol. The zero-order chi connectivity index (χ0) is 21.7. The number of carbonyl (C=O) groups excluding carboxylic acids is 2. The third-order valence-corrected chi connectivity index (χ3v) is 5.17. The number of nitrogens with two attached hydrogens (primary N) is 2. The summed E-state index contributed by atoms with van der Waals surface area (Å²) in [5, 5.41) is 26.9. The van der Waals surface area contributed by atoms with Crippen LogP contribution in [0.2, 0.25) is 0 Å². The molecule has 8 nitrogen and oxygen atoms in total. The van der Waals surface area contributed by atoms with E-state index in [1.807, 2.05) is 0 Å². The van der Waals surface area contributed by atoms with Gasteiger partial charge in [-0.05, 0) is 63.0 Å². The second-order valence-corrected chi connectivity index (χ2v) is 7.27. The standard InChI is InChI=1S/C22H28N4O4/c23-9-1-3-11-25-13-5-6-14(26-12-4-2-10-24)18-17(13)21(29)19-15(27)7-8-16(28)20(19)22(18)30/h5-8,25-28H,1-4,9-12,23-24H2. The molecule has 0 saturated heterocycles. The predicted molar refractivity (Wildman–Crippen MR) is 117 cm³/mol. The maximum atomic E-state index is 13.3. The molecule has 0 amide bonds. The van der Waals surface area contributed by atoms with Crippen molar-refractivity contribution in [2.45, 2.75) is 25.7 Å². The molecule has 0 saturated carbocycles. The number of phenols is 2. The van der Waals surface area contributed by atoms with Gasteiger partial charge in [-0.3, -0.25) is 9.59 Å². The van der Waals surface area contributed by atoms with E-state index >= 15 is 0 Å². The number of nitrogens with one attached hydrogen (secondary N) is 2. The lowest BCUT2D eigenvalue weighted by Gasteiger charge is -2.25. The highest BCUT2D eigenvalue weighted by Crippen LogP contribution is 2.42. The summed E-state index contributed by atoms with van der Waals surface area (Å²) < 4.78 is 0. The number of rotatable bonds is 10. The Morgan fingerprint density at radius 1 is 0.633 bits per heavy atom. The number of hydrogen-bond donors (Lipinski definition) is 6. The number of fused-ring (bicyclic) bond motifs is 2. The minimum absolute atomic E-state index is 0.169. The van der Waals surface area contributed by atoms with Gasteiger partial charge in [-0.15, -0.1) is 0 Å². The van der Waals surface area contributed by atoms with Gasteiger partial charge in [0.2, 0.25) is 11.6 Å². The predicted octanol–water partition coefficient (Wildman–Crippen LogP) is 2.17. The van der Waals surface area contributed by atoms with E-state index in [-0.39, 0.29) is 33.8 Å². The molecular formula is C22H28N4O4. The highest BCUT2D eigenvalue weighted by Gasteiger charge is 2.37. The maximum Gasteiger partial charge on any atom is 0.200 e. The number of hydrogen-bond acceptors (Lipinski definition) is 8. The van der Waals surface area contributed by atoms with Crippen LogP contribution >= 0.6 is 0 Å². The van der Waals surface area contributed by atoms with E-state index in [0.29, 0.717) is 37.6 Å². The molecule has 160 valence electrons. The second kappa shape index (κ2) is 9.60. The topological polar surface area (TPSA) is 151 Å². The lowest BCUT2D eigenvalue weighted by molar-refractivity contribution is 0.0975. The van der Waals surface area contributed by atoms with E-state index in [1.54, 1.807) is 12.1 Å². The van der Waals surface area contributed by atoms with E-state index in [0.717, 1.165) is 25.7 Å². The largest absolute Gasteiger partial charge is 0.507 e. The van der Waals surface area contributed by atoms with Gasteiger partial charge in [0.15, 0.2) is 0 Å².